The fourth-order valence-electron chi connectivity index (χ4n) is 1.85. The van der Waals surface area contributed by atoms with Crippen molar-refractivity contribution in [3.8, 4) is 12.0 Å². The first-order valence-corrected chi connectivity index (χ1v) is 6.17. The van der Waals surface area contributed by atoms with Gasteiger partial charge in [0.15, 0.2) is 0 Å². The van der Waals surface area contributed by atoms with E-state index in [1.807, 2.05) is 6.92 Å². The SMILES string of the molecule is CCOc1nc(N)nc(OC2CCN(C)CC2)n1. The third-order valence-electron chi connectivity index (χ3n) is 2.82. The minimum atomic E-state index is 0.122. The number of hydrogen-bond donors (Lipinski definition) is 1. The lowest BCUT2D eigenvalue weighted by Gasteiger charge is -2.28. The summed E-state index contributed by atoms with van der Waals surface area (Å²) in [6, 6.07) is 0.466. The van der Waals surface area contributed by atoms with Gasteiger partial charge in [0.05, 0.1) is 6.61 Å². The number of aromatic nitrogens is 3. The maximum absolute atomic E-state index is 5.72. The van der Waals surface area contributed by atoms with E-state index in [1.54, 1.807) is 0 Å². The molecule has 7 nitrogen and oxygen atoms in total. The molecule has 0 amide bonds. The number of nitrogens with two attached hydrogens (primary N) is 1. The molecule has 0 spiro atoms. The lowest BCUT2D eigenvalue weighted by Crippen LogP contribution is -2.36. The van der Waals surface area contributed by atoms with Crippen LogP contribution in [0.1, 0.15) is 19.8 Å². The zero-order valence-electron chi connectivity index (χ0n) is 10.8. The van der Waals surface area contributed by atoms with Gasteiger partial charge in [-0.05, 0) is 26.8 Å². The molecule has 0 radical (unpaired) electrons. The van der Waals surface area contributed by atoms with Crippen LogP contribution in [0, 0.1) is 0 Å². The van der Waals surface area contributed by atoms with E-state index in [1.165, 1.54) is 0 Å². The number of nitrogens with zero attached hydrogens (tertiary/aromatic N) is 4. The highest BCUT2D eigenvalue weighted by molar-refractivity contribution is 5.20. The molecule has 1 fully saturated rings. The van der Waals surface area contributed by atoms with E-state index >= 15 is 0 Å². The van der Waals surface area contributed by atoms with E-state index in [0.29, 0.717) is 6.61 Å². The van der Waals surface area contributed by atoms with Crippen molar-refractivity contribution < 1.29 is 9.47 Å². The number of piperidine rings is 1. The van der Waals surface area contributed by atoms with Crippen LogP contribution >= 0.6 is 0 Å². The van der Waals surface area contributed by atoms with Gasteiger partial charge in [0.1, 0.15) is 6.10 Å². The highest BCUT2D eigenvalue weighted by Gasteiger charge is 2.19. The topological polar surface area (TPSA) is 86.4 Å². The molecule has 0 unspecified atom stereocenters. The Hall–Kier alpha value is -1.63. The van der Waals surface area contributed by atoms with Crippen molar-refractivity contribution in [2.45, 2.75) is 25.9 Å². The molecule has 7 heteroatoms. The van der Waals surface area contributed by atoms with Gasteiger partial charge in [-0.2, -0.15) is 9.97 Å². The van der Waals surface area contributed by atoms with E-state index in [2.05, 4.69) is 26.9 Å². The molecule has 0 aromatic carbocycles. The van der Waals surface area contributed by atoms with Crippen LogP contribution < -0.4 is 15.2 Å². The first-order valence-electron chi connectivity index (χ1n) is 6.17. The van der Waals surface area contributed by atoms with Crippen LogP contribution in [-0.2, 0) is 0 Å². The van der Waals surface area contributed by atoms with Crippen molar-refractivity contribution in [1.29, 1.82) is 0 Å². The number of rotatable bonds is 4. The maximum Gasteiger partial charge on any atom is 0.324 e. The molecule has 0 atom stereocenters. The Morgan fingerprint density at radius 2 is 1.89 bits per heavy atom. The number of anilines is 1. The Bertz CT molecular complexity index is 393. The zero-order chi connectivity index (χ0) is 13.0. The molecule has 100 valence electrons. The Balaban J connectivity index is 2.00. The molecule has 2 rings (SSSR count). The van der Waals surface area contributed by atoms with E-state index in [-0.39, 0.29) is 24.1 Å². The first-order chi connectivity index (χ1) is 8.67. The van der Waals surface area contributed by atoms with Crippen LogP contribution in [-0.4, -0.2) is 52.7 Å². The summed E-state index contributed by atoms with van der Waals surface area (Å²) in [5, 5.41) is 0. The first kappa shape index (κ1) is 12.8. The van der Waals surface area contributed by atoms with Crippen molar-refractivity contribution in [1.82, 2.24) is 19.9 Å². The van der Waals surface area contributed by atoms with Gasteiger partial charge in [0.2, 0.25) is 5.95 Å². The standard InChI is InChI=1S/C11H19N5O2/c1-3-17-10-13-9(12)14-11(15-10)18-8-4-6-16(2)7-5-8/h8H,3-7H2,1-2H3,(H2,12,13,14,15). The van der Waals surface area contributed by atoms with Crippen LogP contribution in [0.3, 0.4) is 0 Å². The summed E-state index contributed by atoms with van der Waals surface area (Å²) in [6.07, 6.45) is 2.07. The second-order valence-corrected chi connectivity index (χ2v) is 4.31. The summed E-state index contributed by atoms with van der Waals surface area (Å²) in [5.41, 5.74) is 5.59. The minimum Gasteiger partial charge on any atom is -0.464 e. The van der Waals surface area contributed by atoms with Gasteiger partial charge >= 0.3 is 12.0 Å². The predicted octanol–water partition coefficient (Wildman–Crippen LogP) is 0.325. The third kappa shape index (κ3) is 3.43. The summed E-state index contributed by atoms with van der Waals surface area (Å²) in [6.45, 7) is 4.38. The average molecular weight is 253 g/mol. The predicted molar refractivity (Wildman–Crippen MR) is 66.6 cm³/mol. The molecule has 1 saturated heterocycles. The molecule has 1 aromatic rings. The summed E-state index contributed by atoms with van der Waals surface area (Å²) in [7, 11) is 2.10. The lowest BCUT2D eigenvalue weighted by atomic mass is 10.1. The largest absolute Gasteiger partial charge is 0.464 e. The van der Waals surface area contributed by atoms with Gasteiger partial charge in [0, 0.05) is 13.1 Å². The molecule has 2 N–H and O–H groups in total. The molecule has 2 heterocycles. The monoisotopic (exact) mass is 253 g/mol. The van der Waals surface area contributed by atoms with E-state index in [9.17, 15) is 0 Å². The molecule has 0 aliphatic carbocycles. The quantitative estimate of drug-likeness (QED) is 0.827. The summed E-state index contributed by atoms with van der Waals surface area (Å²) in [4.78, 5) is 14.2. The van der Waals surface area contributed by atoms with Crippen molar-refractivity contribution in [3.63, 3.8) is 0 Å². The van der Waals surface area contributed by atoms with E-state index in [0.717, 1.165) is 25.9 Å². The zero-order valence-corrected chi connectivity index (χ0v) is 10.8. The molecule has 1 aliphatic heterocycles. The van der Waals surface area contributed by atoms with Crippen LogP contribution in [0.25, 0.3) is 0 Å². The van der Waals surface area contributed by atoms with Crippen LogP contribution in [0.4, 0.5) is 5.95 Å². The van der Waals surface area contributed by atoms with Gasteiger partial charge in [-0.3, -0.25) is 0 Å². The van der Waals surface area contributed by atoms with Crippen molar-refractivity contribution in [3.05, 3.63) is 0 Å². The second-order valence-electron chi connectivity index (χ2n) is 4.31. The fraction of sp³-hybridized carbons (Fsp3) is 0.727. The summed E-state index contributed by atoms with van der Waals surface area (Å²) in [5.74, 6) is 0.122. The second kappa shape index (κ2) is 5.81. The number of nitrogen functional groups attached to an aromatic ring is 1. The number of hydrogen-bond acceptors (Lipinski definition) is 7. The maximum atomic E-state index is 5.72. The average Bonchev–Trinajstić information content (AvgIpc) is 2.32. The van der Waals surface area contributed by atoms with Gasteiger partial charge in [-0.15, -0.1) is 4.98 Å². The van der Waals surface area contributed by atoms with Gasteiger partial charge in [0.25, 0.3) is 0 Å². The molecule has 1 aromatic heterocycles. The van der Waals surface area contributed by atoms with Crippen LogP contribution in [0.15, 0.2) is 0 Å². The highest BCUT2D eigenvalue weighted by atomic mass is 16.5. The Morgan fingerprint density at radius 3 is 2.56 bits per heavy atom. The number of ether oxygens (including phenoxy) is 2. The summed E-state index contributed by atoms with van der Waals surface area (Å²) >= 11 is 0. The van der Waals surface area contributed by atoms with Crippen LogP contribution in [0.5, 0.6) is 12.0 Å². The Kier molecular flexibility index (Phi) is 4.14. The Morgan fingerprint density at radius 1 is 1.22 bits per heavy atom. The normalized spacial score (nSPS) is 17.7. The highest BCUT2D eigenvalue weighted by Crippen LogP contribution is 2.17. The minimum absolute atomic E-state index is 0.122. The fourth-order valence-corrected chi connectivity index (χ4v) is 1.85. The molecular formula is C11H19N5O2. The van der Waals surface area contributed by atoms with Crippen molar-refractivity contribution in [2.24, 2.45) is 0 Å². The lowest BCUT2D eigenvalue weighted by molar-refractivity contribution is 0.104. The van der Waals surface area contributed by atoms with Gasteiger partial charge in [-0.1, -0.05) is 0 Å². The molecule has 0 saturated carbocycles. The molecular weight excluding hydrogens is 234 g/mol. The Labute approximate surface area is 106 Å². The van der Waals surface area contributed by atoms with Crippen LogP contribution in [0.2, 0.25) is 0 Å². The number of likely N-dealkylation sites (tertiary alicyclic amines) is 1. The van der Waals surface area contributed by atoms with Gasteiger partial charge < -0.3 is 20.1 Å². The van der Waals surface area contributed by atoms with E-state index in [4.69, 9.17) is 15.2 Å². The van der Waals surface area contributed by atoms with Crippen molar-refractivity contribution >= 4 is 5.95 Å². The molecule has 0 bridgehead atoms. The summed E-state index contributed by atoms with van der Waals surface area (Å²) < 4.78 is 10.9. The van der Waals surface area contributed by atoms with Gasteiger partial charge in [-0.25, -0.2) is 0 Å². The smallest absolute Gasteiger partial charge is 0.324 e. The van der Waals surface area contributed by atoms with E-state index < -0.39 is 0 Å². The molecule has 1 aliphatic rings. The molecule has 18 heavy (non-hydrogen) atoms. The van der Waals surface area contributed by atoms with Crippen molar-refractivity contribution in [2.75, 3.05) is 32.5 Å². The third-order valence-corrected chi connectivity index (χ3v) is 2.82.